The Morgan fingerprint density at radius 2 is 1.60 bits per heavy atom. The van der Waals surface area contributed by atoms with E-state index in [-0.39, 0.29) is 29.1 Å². The molecule has 1 heterocycles. The van der Waals surface area contributed by atoms with Gasteiger partial charge in [-0.2, -0.15) is 0 Å². The highest BCUT2D eigenvalue weighted by Gasteiger charge is 2.69. The smallest absolute Gasteiger partial charge is 0.231 e. The average Bonchev–Trinajstić information content (AvgIpc) is 2.17. The van der Waals surface area contributed by atoms with Gasteiger partial charge in [0.1, 0.15) is 0 Å². The highest BCUT2D eigenvalue weighted by molar-refractivity contribution is 6.10. The van der Waals surface area contributed by atoms with Gasteiger partial charge in [-0.25, -0.2) is 0 Å². The maximum Gasteiger partial charge on any atom is 0.231 e. The molecule has 3 heteroatoms. The number of carbonyl (C=O) groups is 2. The monoisotopic (exact) mass is 139 g/mol. The summed E-state index contributed by atoms with van der Waals surface area (Å²) in [6, 6.07) is 0. The third-order valence-electron chi connectivity index (χ3n) is 2.64. The summed E-state index contributed by atoms with van der Waals surface area (Å²) in [5, 5.41) is 2.29. The molecule has 0 aromatic carbocycles. The molecule has 1 saturated heterocycles. The third-order valence-corrected chi connectivity index (χ3v) is 2.64. The van der Waals surface area contributed by atoms with Crippen molar-refractivity contribution in [3.63, 3.8) is 0 Å². The standard InChI is InChI=1S/C7H9NO2/c1-7(2)3-4(7)6(10)8-5(3)9/h3-4H,1-2H3,(H,8,9,10)/t3-,4-/m0/s1. The molecule has 0 spiro atoms. The van der Waals surface area contributed by atoms with Gasteiger partial charge in [-0.3, -0.25) is 14.9 Å². The van der Waals surface area contributed by atoms with Crippen molar-refractivity contribution in [2.45, 2.75) is 13.8 Å². The number of carbonyl (C=O) groups excluding carboxylic acids is 2. The zero-order valence-corrected chi connectivity index (χ0v) is 5.97. The Balaban J connectivity index is 2.34. The predicted molar refractivity (Wildman–Crippen MR) is 33.9 cm³/mol. The number of imide groups is 1. The first-order valence-corrected chi connectivity index (χ1v) is 3.40. The lowest BCUT2D eigenvalue weighted by Crippen LogP contribution is -2.29. The Morgan fingerprint density at radius 3 is 1.80 bits per heavy atom. The van der Waals surface area contributed by atoms with Crippen molar-refractivity contribution in [2.75, 3.05) is 0 Å². The van der Waals surface area contributed by atoms with Gasteiger partial charge >= 0.3 is 0 Å². The molecule has 0 radical (unpaired) electrons. The fraction of sp³-hybridized carbons (Fsp3) is 0.714. The first kappa shape index (κ1) is 5.89. The van der Waals surface area contributed by atoms with Crippen LogP contribution in [0.15, 0.2) is 0 Å². The van der Waals surface area contributed by atoms with Gasteiger partial charge in [-0.1, -0.05) is 13.8 Å². The third kappa shape index (κ3) is 0.426. The van der Waals surface area contributed by atoms with E-state index in [9.17, 15) is 9.59 Å². The van der Waals surface area contributed by atoms with Crippen LogP contribution in [0.1, 0.15) is 13.8 Å². The second kappa shape index (κ2) is 1.26. The summed E-state index contributed by atoms with van der Waals surface area (Å²) in [6.07, 6.45) is 0. The van der Waals surface area contributed by atoms with Crippen molar-refractivity contribution in [2.24, 2.45) is 17.3 Å². The van der Waals surface area contributed by atoms with Crippen molar-refractivity contribution in [1.82, 2.24) is 5.32 Å². The minimum absolute atomic E-state index is 0.0278. The Hall–Kier alpha value is -0.860. The molecule has 10 heavy (non-hydrogen) atoms. The molecule has 0 unspecified atom stereocenters. The predicted octanol–water partition coefficient (Wildman–Crippen LogP) is -0.0850. The molecule has 1 N–H and O–H groups in total. The number of hydrogen-bond donors (Lipinski definition) is 1. The summed E-state index contributed by atoms with van der Waals surface area (Å²) >= 11 is 0. The number of rotatable bonds is 0. The molecule has 0 bridgehead atoms. The van der Waals surface area contributed by atoms with Gasteiger partial charge in [0.05, 0.1) is 11.8 Å². The zero-order chi connectivity index (χ0) is 7.52. The number of fused-ring (bicyclic) bond motifs is 1. The first-order chi connectivity index (χ1) is 4.55. The van der Waals surface area contributed by atoms with Crippen LogP contribution < -0.4 is 5.32 Å². The van der Waals surface area contributed by atoms with E-state index >= 15 is 0 Å². The summed E-state index contributed by atoms with van der Waals surface area (Å²) in [4.78, 5) is 21.8. The molecule has 1 saturated carbocycles. The van der Waals surface area contributed by atoms with E-state index < -0.39 is 0 Å². The van der Waals surface area contributed by atoms with Crippen LogP contribution in [0.5, 0.6) is 0 Å². The topological polar surface area (TPSA) is 46.2 Å². The minimum atomic E-state index is -0.0833. The summed E-state index contributed by atoms with van der Waals surface area (Å²) in [7, 11) is 0. The van der Waals surface area contributed by atoms with Crippen LogP contribution in [0.2, 0.25) is 0 Å². The van der Waals surface area contributed by atoms with Gasteiger partial charge in [0.2, 0.25) is 11.8 Å². The molecule has 1 aliphatic heterocycles. The zero-order valence-electron chi connectivity index (χ0n) is 5.97. The van der Waals surface area contributed by atoms with Crippen molar-refractivity contribution >= 4 is 11.8 Å². The minimum Gasteiger partial charge on any atom is -0.296 e. The van der Waals surface area contributed by atoms with Gasteiger partial charge < -0.3 is 0 Å². The van der Waals surface area contributed by atoms with Crippen LogP contribution in [0.4, 0.5) is 0 Å². The van der Waals surface area contributed by atoms with Crippen molar-refractivity contribution in [3.05, 3.63) is 0 Å². The summed E-state index contributed by atoms with van der Waals surface area (Å²) in [5.74, 6) is -0.222. The molecule has 3 nitrogen and oxygen atoms in total. The first-order valence-electron chi connectivity index (χ1n) is 3.40. The normalized spacial score (nSPS) is 41.0. The second-order valence-electron chi connectivity index (χ2n) is 3.63. The SMILES string of the molecule is CC1(C)[C@@H]2C(=O)NC(=O)[C@H]21. The maximum absolute atomic E-state index is 10.9. The van der Waals surface area contributed by atoms with Crippen LogP contribution >= 0.6 is 0 Å². The summed E-state index contributed by atoms with van der Waals surface area (Å²) < 4.78 is 0. The van der Waals surface area contributed by atoms with Crippen molar-refractivity contribution < 1.29 is 9.59 Å². The summed E-state index contributed by atoms with van der Waals surface area (Å²) in [6.45, 7) is 3.91. The number of amides is 2. The lowest BCUT2D eigenvalue weighted by Gasteiger charge is -2.05. The van der Waals surface area contributed by atoms with Gasteiger partial charge in [0, 0.05) is 0 Å². The van der Waals surface area contributed by atoms with E-state index in [2.05, 4.69) is 5.32 Å². The highest BCUT2D eigenvalue weighted by Crippen LogP contribution is 2.60. The lowest BCUT2D eigenvalue weighted by atomic mass is 10.1. The molecule has 1 aliphatic carbocycles. The number of piperidine rings is 1. The van der Waals surface area contributed by atoms with Crippen LogP contribution in [0.25, 0.3) is 0 Å². The molecular formula is C7H9NO2. The number of nitrogens with one attached hydrogen (secondary N) is 1. The molecule has 2 atom stereocenters. The fourth-order valence-corrected chi connectivity index (χ4v) is 1.89. The average molecular weight is 139 g/mol. The Kier molecular flexibility index (Phi) is 0.743. The highest BCUT2D eigenvalue weighted by atomic mass is 16.2. The van der Waals surface area contributed by atoms with Gasteiger partial charge in [0.15, 0.2) is 0 Å². The van der Waals surface area contributed by atoms with Crippen molar-refractivity contribution in [1.29, 1.82) is 0 Å². The molecule has 2 fully saturated rings. The van der Waals surface area contributed by atoms with E-state index in [1.54, 1.807) is 0 Å². The van der Waals surface area contributed by atoms with E-state index in [4.69, 9.17) is 0 Å². The fourth-order valence-electron chi connectivity index (χ4n) is 1.89. The van der Waals surface area contributed by atoms with Gasteiger partial charge in [-0.15, -0.1) is 0 Å². The Morgan fingerprint density at radius 1 is 1.20 bits per heavy atom. The Labute approximate surface area is 58.8 Å². The molecule has 0 aromatic rings. The lowest BCUT2D eigenvalue weighted by molar-refractivity contribution is -0.128. The van der Waals surface area contributed by atoms with Gasteiger partial charge in [-0.05, 0) is 5.41 Å². The van der Waals surface area contributed by atoms with Crippen LogP contribution in [-0.4, -0.2) is 11.8 Å². The van der Waals surface area contributed by atoms with E-state index in [1.165, 1.54) is 0 Å². The summed E-state index contributed by atoms with van der Waals surface area (Å²) in [5.41, 5.74) is -0.0561. The largest absolute Gasteiger partial charge is 0.296 e. The quantitative estimate of drug-likeness (QED) is 0.477. The molecule has 2 amide bonds. The van der Waals surface area contributed by atoms with Gasteiger partial charge in [0.25, 0.3) is 0 Å². The van der Waals surface area contributed by atoms with E-state index in [1.807, 2.05) is 13.8 Å². The van der Waals surface area contributed by atoms with Crippen LogP contribution in [0, 0.1) is 17.3 Å². The maximum atomic E-state index is 10.9. The van der Waals surface area contributed by atoms with E-state index in [0.29, 0.717) is 0 Å². The molecule has 0 aromatic heterocycles. The van der Waals surface area contributed by atoms with Crippen LogP contribution in [-0.2, 0) is 9.59 Å². The van der Waals surface area contributed by atoms with Crippen molar-refractivity contribution in [3.8, 4) is 0 Å². The molecule has 2 rings (SSSR count). The molecular weight excluding hydrogens is 130 g/mol. The van der Waals surface area contributed by atoms with Crippen LogP contribution in [0.3, 0.4) is 0 Å². The van der Waals surface area contributed by atoms with E-state index in [0.717, 1.165) is 0 Å². The second-order valence-corrected chi connectivity index (χ2v) is 3.63. The Bertz CT molecular complexity index is 210. The molecule has 2 aliphatic rings. The molecule has 54 valence electrons. The number of hydrogen-bond acceptors (Lipinski definition) is 2.